The second-order valence-corrected chi connectivity index (χ2v) is 5.87. The van der Waals surface area contributed by atoms with Crippen LogP contribution in [0.3, 0.4) is 0 Å². The molecule has 0 spiro atoms. The third-order valence-corrected chi connectivity index (χ3v) is 4.57. The van der Waals surface area contributed by atoms with E-state index >= 15 is 0 Å². The summed E-state index contributed by atoms with van der Waals surface area (Å²) in [6.07, 6.45) is 1.25. The Bertz CT molecular complexity index is 709. The van der Waals surface area contributed by atoms with E-state index in [1.165, 1.54) is 0 Å². The van der Waals surface area contributed by atoms with Crippen LogP contribution < -0.4 is 15.4 Å². The summed E-state index contributed by atoms with van der Waals surface area (Å²) >= 11 is 0. The standard InChI is InChI=1S/C19H22N2O2/c1-3-19(4-2)18(22)21(13-14-9-6-5-7-10-14)17-15(20)11-8-12-16(17)23-19/h5-12H,3-4,13,20H2,1-2H3. The maximum Gasteiger partial charge on any atom is 0.271 e. The third kappa shape index (κ3) is 2.54. The fraction of sp³-hybridized carbons (Fsp3) is 0.316. The van der Waals surface area contributed by atoms with Crippen molar-refractivity contribution >= 4 is 17.3 Å². The van der Waals surface area contributed by atoms with Crippen LogP contribution in [0.4, 0.5) is 11.4 Å². The normalized spacial score (nSPS) is 15.9. The van der Waals surface area contributed by atoms with Crippen molar-refractivity contribution in [1.82, 2.24) is 0 Å². The molecule has 3 rings (SSSR count). The highest BCUT2D eigenvalue weighted by Gasteiger charge is 2.46. The van der Waals surface area contributed by atoms with E-state index in [1.54, 1.807) is 11.0 Å². The number of nitrogens with two attached hydrogens (primary N) is 1. The van der Waals surface area contributed by atoms with Crippen LogP contribution in [-0.2, 0) is 11.3 Å². The van der Waals surface area contributed by atoms with Gasteiger partial charge in [0.2, 0.25) is 0 Å². The number of hydrogen-bond acceptors (Lipinski definition) is 3. The van der Waals surface area contributed by atoms with Gasteiger partial charge in [-0.1, -0.05) is 50.2 Å². The van der Waals surface area contributed by atoms with Crippen molar-refractivity contribution in [3.63, 3.8) is 0 Å². The highest BCUT2D eigenvalue weighted by Crippen LogP contribution is 2.44. The number of carbonyl (C=O) groups is 1. The first-order valence-electron chi connectivity index (χ1n) is 8.04. The van der Waals surface area contributed by atoms with Gasteiger partial charge in [-0.3, -0.25) is 9.69 Å². The lowest BCUT2D eigenvalue weighted by Crippen LogP contribution is -2.55. The molecule has 120 valence electrons. The molecule has 4 nitrogen and oxygen atoms in total. The molecule has 1 amide bonds. The number of nitrogens with zero attached hydrogens (tertiary/aromatic N) is 1. The molecule has 2 aromatic carbocycles. The average Bonchev–Trinajstić information content (AvgIpc) is 2.58. The molecule has 1 aliphatic rings. The summed E-state index contributed by atoms with van der Waals surface area (Å²) in [7, 11) is 0. The number of benzene rings is 2. The molecular weight excluding hydrogens is 288 g/mol. The van der Waals surface area contributed by atoms with Crippen molar-refractivity contribution in [1.29, 1.82) is 0 Å². The number of carbonyl (C=O) groups excluding carboxylic acids is 1. The van der Waals surface area contributed by atoms with E-state index in [0.717, 1.165) is 5.56 Å². The highest BCUT2D eigenvalue weighted by molar-refractivity contribution is 6.05. The smallest absolute Gasteiger partial charge is 0.271 e. The highest BCUT2D eigenvalue weighted by atomic mass is 16.5. The van der Waals surface area contributed by atoms with Gasteiger partial charge in [0, 0.05) is 0 Å². The van der Waals surface area contributed by atoms with E-state index in [2.05, 4.69) is 0 Å². The second kappa shape index (κ2) is 5.95. The number of fused-ring (bicyclic) bond motifs is 1. The summed E-state index contributed by atoms with van der Waals surface area (Å²) in [5, 5.41) is 0. The molecule has 0 aliphatic carbocycles. The van der Waals surface area contributed by atoms with Crippen LogP contribution in [0, 0.1) is 0 Å². The largest absolute Gasteiger partial charge is 0.475 e. The van der Waals surface area contributed by atoms with Gasteiger partial charge in [-0.25, -0.2) is 0 Å². The molecule has 0 aromatic heterocycles. The Morgan fingerprint density at radius 2 is 1.74 bits per heavy atom. The van der Waals surface area contributed by atoms with Gasteiger partial charge in [0.05, 0.1) is 12.2 Å². The summed E-state index contributed by atoms with van der Waals surface area (Å²) in [6, 6.07) is 15.5. The lowest BCUT2D eigenvalue weighted by molar-refractivity contribution is -0.136. The Kier molecular flexibility index (Phi) is 3.99. The minimum atomic E-state index is -0.810. The molecule has 0 fully saturated rings. The lowest BCUT2D eigenvalue weighted by atomic mass is 9.92. The van der Waals surface area contributed by atoms with Crippen LogP contribution in [0.15, 0.2) is 48.5 Å². The van der Waals surface area contributed by atoms with Crippen LogP contribution in [0.5, 0.6) is 5.75 Å². The van der Waals surface area contributed by atoms with Crippen LogP contribution >= 0.6 is 0 Å². The fourth-order valence-electron chi connectivity index (χ4n) is 3.13. The Morgan fingerprint density at radius 1 is 1.04 bits per heavy atom. The van der Waals surface area contributed by atoms with E-state index in [4.69, 9.17) is 10.5 Å². The van der Waals surface area contributed by atoms with Crippen molar-refractivity contribution in [2.45, 2.75) is 38.8 Å². The topological polar surface area (TPSA) is 55.6 Å². The quantitative estimate of drug-likeness (QED) is 0.875. The summed E-state index contributed by atoms with van der Waals surface area (Å²) in [4.78, 5) is 14.9. The molecule has 2 aromatic rings. The zero-order chi connectivity index (χ0) is 16.4. The number of anilines is 2. The number of hydrogen-bond donors (Lipinski definition) is 1. The Balaban J connectivity index is 2.10. The Hall–Kier alpha value is -2.49. The van der Waals surface area contributed by atoms with Crippen molar-refractivity contribution in [3.8, 4) is 5.75 Å². The minimum absolute atomic E-state index is 0.0169. The summed E-state index contributed by atoms with van der Waals surface area (Å²) in [5.41, 5.74) is 7.65. The van der Waals surface area contributed by atoms with Crippen molar-refractivity contribution in [2.24, 2.45) is 0 Å². The van der Waals surface area contributed by atoms with Gasteiger partial charge in [-0.2, -0.15) is 0 Å². The molecule has 0 radical (unpaired) electrons. The van der Waals surface area contributed by atoms with E-state index in [1.807, 2.05) is 56.3 Å². The first kappa shape index (κ1) is 15.4. The van der Waals surface area contributed by atoms with E-state index in [-0.39, 0.29) is 5.91 Å². The number of amides is 1. The Morgan fingerprint density at radius 3 is 2.39 bits per heavy atom. The molecule has 0 saturated carbocycles. The van der Waals surface area contributed by atoms with Crippen molar-refractivity contribution in [2.75, 3.05) is 10.6 Å². The van der Waals surface area contributed by atoms with Gasteiger partial charge in [0.15, 0.2) is 5.60 Å². The van der Waals surface area contributed by atoms with Crippen molar-refractivity contribution < 1.29 is 9.53 Å². The van der Waals surface area contributed by atoms with Crippen LogP contribution in [0.25, 0.3) is 0 Å². The van der Waals surface area contributed by atoms with Crippen LogP contribution in [-0.4, -0.2) is 11.5 Å². The van der Waals surface area contributed by atoms with Crippen LogP contribution in [0.1, 0.15) is 32.3 Å². The van der Waals surface area contributed by atoms with Gasteiger partial charge in [-0.15, -0.1) is 0 Å². The molecular formula is C19H22N2O2. The lowest BCUT2D eigenvalue weighted by Gasteiger charge is -2.42. The Labute approximate surface area is 136 Å². The molecule has 0 bridgehead atoms. The molecule has 0 unspecified atom stereocenters. The SMILES string of the molecule is CCC1(CC)Oc2cccc(N)c2N(Cc2ccccc2)C1=O. The summed E-state index contributed by atoms with van der Waals surface area (Å²) < 4.78 is 6.11. The summed E-state index contributed by atoms with van der Waals surface area (Å²) in [6.45, 7) is 4.46. The first-order chi connectivity index (χ1) is 11.1. The van der Waals surface area contributed by atoms with Gasteiger partial charge in [-0.05, 0) is 30.5 Å². The van der Waals surface area contributed by atoms with Gasteiger partial charge < -0.3 is 10.5 Å². The van der Waals surface area contributed by atoms with E-state index in [0.29, 0.717) is 36.5 Å². The number of nitrogen functional groups attached to an aromatic ring is 1. The van der Waals surface area contributed by atoms with Gasteiger partial charge >= 0.3 is 0 Å². The van der Waals surface area contributed by atoms with E-state index < -0.39 is 5.60 Å². The molecule has 0 atom stereocenters. The zero-order valence-corrected chi connectivity index (χ0v) is 13.6. The molecule has 0 saturated heterocycles. The third-order valence-electron chi connectivity index (χ3n) is 4.57. The minimum Gasteiger partial charge on any atom is -0.475 e. The molecule has 23 heavy (non-hydrogen) atoms. The molecule has 2 N–H and O–H groups in total. The fourth-order valence-corrected chi connectivity index (χ4v) is 3.13. The predicted molar refractivity (Wildman–Crippen MR) is 92.4 cm³/mol. The number of ether oxygens (including phenoxy) is 1. The van der Waals surface area contributed by atoms with Gasteiger partial charge in [0.25, 0.3) is 5.91 Å². The summed E-state index contributed by atoms with van der Waals surface area (Å²) in [5.74, 6) is 0.668. The molecule has 1 aliphatic heterocycles. The molecule has 4 heteroatoms. The van der Waals surface area contributed by atoms with Gasteiger partial charge in [0.1, 0.15) is 11.4 Å². The second-order valence-electron chi connectivity index (χ2n) is 5.87. The maximum atomic E-state index is 13.2. The number of para-hydroxylation sites is 1. The maximum absolute atomic E-state index is 13.2. The predicted octanol–water partition coefficient (Wildman–Crippen LogP) is 3.75. The van der Waals surface area contributed by atoms with Crippen molar-refractivity contribution in [3.05, 3.63) is 54.1 Å². The number of rotatable bonds is 4. The average molecular weight is 310 g/mol. The monoisotopic (exact) mass is 310 g/mol. The first-order valence-corrected chi connectivity index (χ1v) is 8.04. The van der Waals surface area contributed by atoms with E-state index in [9.17, 15) is 4.79 Å². The zero-order valence-electron chi connectivity index (χ0n) is 13.6. The van der Waals surface area contributed by atoms with Crippen LogP contribution in [0.2, 0.25) is 0 Å². The molecule has 1 heterocycles.